The summed E-state index contributed by atoms with van der Waals surface area (Å²) in [5.41, 5.74) is 15.1. The first-order chi connectivity index (χ1) is 39.7. The van der Waals surface area contributed by atoms with Crippen molar-refractivity contribution >= 4 is 33.5 Å². The number of carboxylic acids is 2. The molecule has 6 aromatic rings. The third-order valence-electron chi connectivity index (χ3n) is 15.8. The lowest BCUT2D eigenvalue weighted by Gasteiger charge is -2.31. The molecule has 0 bridgehead atoms. The maximum atomic E-state index is 13.0. The largest absolute Gasteiger partial charge is 0.481 e. The minimum Gasteiger partial charge on any atom is -0.481 e. The summed E-state index contributed by atoms with van der Waals surface area (Å²) < 4.78 is 7.44. The van der Waals surface area contributed by atoms with Crippen LogP contribution >= 0.6 is 8.03 Å². The fourth-order valence-corrected chi connectivity index (χ4v) is 11.4. The third-order valence-corrected chi connectivity index (χ3v) is 16.2. The maximum absolute atomic E-state index is 13.0. The van der Waals surface area contributed by atoms with Gasteiger partial charge in [0, 0.05) is 45.0 Å². The van der Waals surface area contributed by atoms with Gasteiger partial charge in [0.1, 0.15) is 13.1 Å². The smallest absolute Gasteiger partial charge is 0.311 e. The first kappa shape index (κ1) is 67.8. The maximum Gasteiger partial charge on any atom is 0.311 e. The summed E-state index contributed by atoms with van der Waals surface area (Å²) in [7, 11) is 18.1. The molecule has 0 amide bonds. The Hall–Kier alpha value is -6.02. The molecular formula is C69H98BN6O6P+4. The molecule has 0 heterocycles. The van der Waals surface area contributed by atoms with Crippen molar-refractivity contribution in [1.82, 2.24) is 10.2 Å². The summed E-state index contributed by atoms with van der Waals surface area (Å²) in [6, 6.07) is 53.6. The second-order valence-corrected chi connectivity index (χ2v) is 25.5. The molecule has 6 aromatic carbocycles. The number of hydrogen-bond donors (Lipinski definition) is 5. The standard InChI is InChI=1S/C36H52BN3O2P.C33H43N3O4/c1-29(35(36(41)42-43(6)37)27-30-12-8-7-9-13-30)26-31-14-18-33(19-15-31)34-20-16-32(17-21-34)28-40(4,5)25-11-24-39(3)23-10-22-38-2;1-36(2,21-7-20-35-19-6-18-34)24-27-12-16-29(17-13-27)28-14-10-26(11-15-28)23-31(33(39)40)30(32(37)38)22-25-8-4-3-5-9-25/h7-9,12-21,29,35,38H,10-11,22-28H2,1-6H3;3-5,8-17,30-31,35H,6-7,18-24,34H2,1-2H3,(H-,37,38,39,40)/q+1;/p+3/t29-,35-,43?;30-,31-/m00/s1. The van der Waals surface area contributed by atoms with Crippen molar-refractivity contribution < 1.29 is 49.1 Å². The van der Waals surface area contributed by atoms with Crippen molar-refractivity contribution in [2.75, 3.05) is 101 Å². The van der Waals surface area contributed by atoms with Crippen molar-refractivity contribution in [2.45, 2.75) is 71.4 Å². The van der Waals surface area contributed by atoms with Crippen LogP contribution in [0.3, 0.4) is 0 Å². The number of carbonyl (C=O) groups is 3. The van der Waals surface area contributed by atoms with E-state index in [2.05, 4.69) is 148 Å². The highest BCUT2D eigenvalue weighted by molar-refractivity contribution is 7.77. The van der Waals surface area contributed by atoms with Crippen LogP contribution in [0.4, 0.5) is 0 Å². The Morgan fingerprint density at radius 2 is 0.940 bits per heavy atom. The van der Waals surface area contributed by atoms with Crippen molar-refractivity contribution in [2.24, 2.45) is 23.7 Å². The second kappa shape index (κ2) is 35.3. The lowest BCUT2D eigenvalue weighted by Crippen LogP contribution is -2.85. The first-order valence-electron chi connectivity index (χ1n) is 29.9. The molecule has 12 nitrogen and oxygen atoms in total. The zero-order chi connectivity index (χ0) is 60.2. The van der Waals surface area contributed by atoms with E-state index in [9.17, 15) is 24.6 Å². The van der Waals surface area contributed by atoms with Gasteiger partial charge in [0.15, 0.2) is 7.57 Å². The normalized spacial score (nSPS) is 13.5. The summed E-state index contributed by atoms with van der Waals surface area (Å²) >= 11 is 0. The molecule has 83 heavy (non-hydrogen) atoms. The molecule has 0 saturated carbocycles. The van der Waals surface area contributed by atoms with Gasteiger partial charge in [-0.05, 0) is 116 Å². The molecule has 6 rings (SSSR count). The quantitative estimate of drug-likeness (QED) is 0.0114. The van der Waals surface area contributed by atoms with Gasteiger partial charge in [-0.1, -0.05) is 165 Å². The van der Waals surface area contributed by atoms with Crippen LogP contribution in [0.25, 0.3) is 22.3 Å². The molecular weight excluding hydrogens is 1050 g/mol. The number of hydrogen-bond acceptors (Lipinski definition) is 6. The van der Waals surface area contributed by atoms with Crippen LogP contribution < -0.4 is 16.4 Å². The monoisotopic (exact) mass is 1150 g/mol. The molecule has 0 saturated heterocycles. The van der Waals surface area contributed by atoms with Crippen LogP contribution in [0.1, 0.15) is 66.0 Å². The van der Waals surface area contributed by atoms with Crippen molar-refractivity contribution in [3.05, 3.63) is 191 Å². The van der Waals surface area contributed by atoms with Gasteiger partial charge in [-0.25, -0.2) is 0 Å². The third kappa shape index (κ3) is 25.0. The average Bonchev–Trinajstić information content (AvgIpc) is 3.62. The van der Waals surface area contributed by atoms with E-state index in [0.717, 1.165) is 109 Å². The molecule has 8 N–H and O–H groups in total. The number of carboxylic acid groups (broad SMARTS) is 2. The summed E-state index contributed by atoms with van der Waals surface area (Å²) in [5, 5.41) is 25.3. The highest BCUT2D eigenvalue weighted by Crippen LogP contribution is 2.32. The Morgan fingerprint density at radius 1 is 0.566 bits per heavy atom. The molecule has 1 unspecified atom stereocenters. The van der Waals surface area contributed by atoms with Gasteiger partial charge in [-0.2, -0.15) is 0 Å². The van der Waals surface area contributed by atoms with Crippen LogP contribution in [0.2, 0.25) is 0 Å². The highest BCUT2D eigenvalue weighted by atomic mass is 31.1. The van der Waals surface area contributed by atoms with Crippen molar-refractivity contribution in [3.8, 4) is 22.3 Å². The Labute approximate surface area is 500 Å². The SMILES string of the molecule is C[N+](C)(CCC[NH2+]CCC[NH3+])Cc1ccc(-c2ccc(C[C@H](C(=O)O)[C@H](Cc3ccccc3)C(=O)O)cc2)cc1.[B]P(C)OC(=O)[C@@H](Cc1ccccc1)[C@@H](C)Cc1ccc(-c2ccc(C[N+](C)(C)CCCN(C)CCCNC)cc2)cc1. The Morgan fingerprint density at radius 3 is 1.35 bits per heavy atom. The predicted octanol–water partition coefficient (Wildman–Crippen LogP) is 9.25. The zero-order valence-corrected chi connectivity index (χ0v) is 52.1. The minimum atomic E-state index is -1.23. The molecule has 14 heteroatoms. The number of nitrogens with one attached hydrogen (secondary N) is 1. The predicted molar refractivity (Wildman–Crippen MR) is 342 cm³/mol. The fraction of sp³-hybridized carbons (Fsp3) is 0.435. The van der Waals surface area contributed by atoms with Crippen LogP contribution in [0.5, 0.6) is 0 Å². The van der Waals surface area contributed by atoms with Crippen LogP contribution in [0, 0.1) is 23.7 Å². The molecule has 0 aromatic heterocycles. The van der Waals surface area contributed by atoms with Crippen LogP contribution in [-0.2, 0) is 57.7 Å². The van der Waals surface area contributed by atoms with Gasteiger partial charge in [0.05, 0.1) is 78.7 Å². The molecule has 0 aliphatic carbocycles. The summed E-state index contributed by atoms with van der Waals surface area (Å²) in [6.45, 7) is 14.9. The molecule has 0 spiro atoms. The molecule has 2 radical (unpaired) electrons. The second-order valence-electron chi connectivity index (χ2n) is 24.2. The molecule has 444 valence electrons. The van der Waals surface area contributed by atoms with Gasteiger partial charge >= 0.3 is 17.9 Å². The van der Waals surface area contributed by atoms with Crippen molar-refractivity contribution in [3.63, 3.8) is 0 Å². The summed E-state index contributed by atoms with van der Waals surface area (Å²) in [4.78, 5) is 39.5. The van der Waals surface area contributed by atoms with Gasteiger partial charge in [-0.3, -0.25) is 14.4 Å². The van der Waals surface area contributed by atoms with Gasteiger partial charge < -0.3 is 45.0 Å². The van der Waals surface area contributed by atoms with E-state index in [1.165, 1.54) is 53.5 Å². The Balaban J connectivity index is 0.000000305. The number of nitrogens with two attached hydrogens (primary N) is 1. The first-order valence-corrected chi connectivity index (χ1v) is 31.7. The molecule has 5 atom stereocenters. The van der Waals surface area contributed by atoms with Crippen molar-refractivity contribution in [1.29, 1.82) is 0 Å². The van der Waals surface area contributed by atoms with E-state index in [1.807, 2.05) is 79.8 Å². The Kier molecular flexibility index (Phi) is 28.8. The van der Waals surface area contributed by atoms with E-state index in [1.54, 1.807) is 6.66 Å². The van der Waals surface area contributed by atoms with E-state index < -0.39 is 31.8 Å². The van der Waals surface area contributed by atoms with Gasteiger partial charge in [0.2, 0.25) is 0 Å². The van der Waals surface area contributed by atoms with E-state index in [0.29, 0.717) is 6.42 Å². The zero-order valence-electron chi connectivity index (χ0n) is 51.2. The number of carbonyl (C=O) groups excluding carboxylic acids is 1. The number of benzene rings is 6. The van der Waals surface area contributed by atoms with Gasteiger partial charge in [-0.15, -0.1) is 0 Å². The van der Waals surface area contributed by atoms with Crippen LogP contribution in [-0.4, -0.2) is 151 Å². The molecule has 0 aliphatic rings. The minimum absolute atomic E-state index is 0.119. The molecule has 0 fully saturated rings. The highest BCUT2D eigenvalue weighted by Gasteiger charge is 2.34. The number of aliphatic carboxylic acids is 2. The number of nitrogens with zero attached hydrogens (tertiary/aromatic N) is 3. The lowest BCUT2D eigenvalue weighted by molar-refractivity contribution is -0.905. The summed E-state index contributed by atoms with van der Waals surface area (Å²) in [6.07, 6.45) is 6.57. The van der Waals surface area contributed by atoms with Crippen LogP contribution in [0.15, 0.2) is 158 Å². The van der Waals surface area contributed by atoms with E-state index in [4.69, 9.17) is 12.1 Å². The van der Waals surface area contributed by atoms with Gasteiger partial charge in [0.25, 0.3) is 0 Å². The number of rotatable bonds is 35. The lowest BCUT2D eigenvalue weighted by atomic mass is 9.82. The fourth-order valence-electron chi connectivity index (χ4n) is 11.0. The topological polar surface area (TPSA) is 160 Å². The summed E-state index contributed by atoms with van der Waals surface area (Å²) in [5.74, 6) is -4.52. The van der Waals surface area contributed by atoms with E-state index >= 15 is 0 Å². The number of quaternary nitrogens is 4. The Bertz CT molecular complexity index is 2800. The molecule has 0 aliphatic heterocycles. The average molecular weight is 1150 g/mol. The van der Waals surface area contributed by atoms with E-state index in [-0.39, 0.29) is 30.6 Å².